The van der Waals surface area contributed by atoms with Gasteiger partial charge in [0.15, 0.2) is 6.10 Å². The van der Waals surface area contributed by atoms with Crippen molar-refractivity contribution in [2.24, 2.45) is 0 Å². The highest BCUT2D eigenvalue weighted by molar-refractivity contribution is 9.10. The van der Waals surface area contributed by atoms with Crippen LogP contribution in [-0.4, -0.2) is 17.7 Å². The van der Waals surface area contributed by atoms with E-state index in [1.54, 1.807) is 13.8 Å². The zero-order chi connectivity index (χ0) is 12.3. The monoisotopic (exact) mass is 290 g/mol. The summed E-state index contributed by atoms with van der Waals surface area (Å²) in [6, 6.07) is 2.76. The predicted molar refractivity (Wildman–Crippen MR) is 60.4 cm³/mol. The lowest BCUT2D eigenvalue weighted by molar-refractivity contribution is -0.153. The van der Waals surface area contributed by atoms with Crippen LogP contribution in [0.5, 0.6) is 0 Å². The quantitative estimate of drug-likeness (QED) is 0.870. The van der Waals surface area contributed by atoms with Gasteiger partial charge in [0.05, 0.1) is 11.1 Å². The van der Waals surface area contributed by atoms with Crippen LogP contribution in [-0.2, 0) is 9.53 Å². The van der Waals surface area contributed by atoms with Crippen LogP contribution in [0, 0.1) is 12.7 Å². The molecule has 1 rings (SSSR count). The summed E-state index contributed by atoms with van der Waals surface area (Å²) in [5.41, 5.74) is 0.826. The fourth-order valence-electron chi connectivity index (χ4n) is 1.34. The van der Waals surface area contributed by atoms with E-state index >= 15 is 0 Å². The second-order valence-corrected chi connectivity index (χ2v) is 4.04. The number of aryl methyl sites for hydroxylation is 1. The summed E-state index contributed by atoms with van der Waals surface area (Å²) in [5.74, 6) is -1.30. The van der Waals surface area contributed by atoms with Gasteiger partial charge in [-0.1, -0.05) is 6.07 Å². The molecular formula is C11H12BrFO3. The van der Waals surface area contributed by atoms with Crippen LogP contribution in [0.25, 0.3) is 0 Å². The number of ether oxygens (including phenoxy) is 1. The van der Waals surface area contributed by atoms with Crippen LogP contribution in [0.15, 0.2) is 16.6 Å². The maximum Gasteiger partial charge on any atom is 0.339 e. The predicted octanol–water partition coefficient (Wildman–Crippen LogP) is 2.49. The van der Waals surface area contributed by atoms with Crippen molar-refractivity contribution in [1.82, 2.24) is 0 Å². The number of hydrogen-bond acceptors (Lipinski definition) is 3. The molecule has 5 heteroatoms. The summed E-state index contributed by atoms with van der Waals surface area (Å²) >= 11 is 3.01. The molecule has 88 valence electrons. The first-order valence-electron chi connectivity index (χ1n) is 4.78. The van der Waals surface area contributed by atoms with Crippen molar-refractivity contribution in [2.45, 2.75) is 20.0 Å². The summed E-state index contributed by atoms with van der Waals surface area (Å²) < 4.78 is 18.0. The van der Waals surface area contributed by atoms with Crippen LogP contribution in [0.4, 0.5) is 4.39 Å². The largest absolute Gasteiger partial charge is 0.464 e. The molecule has 0 aliphatic carbocycles. The Hall–Kier alpha value is -0.940. The molecule has 0 aliphatic heterocycles. The Morgan fingerprint density at radius 2 is 2.25 bits per heavy atom. The van der Waals surface area contributed by atoms with Gasteiger partial charge >= 0.3 is 5.97 Å². The summed E-state index contributed by atoms with van der Waals surface area (Å²) in [7, 11) is 0. The molecule has 1 aromatic rings. The molecule has 1 N–H and O–H groups in total. The van der Waals surface area contributed by atoms with Gasteiger partial charge in [-0.15, -0.1) is 0 Å². The summed E-state index contributed by atoms with van der Waals surface area (Å²) in [5, 5.41) is 9.74. The van der Waals surface area contributed by atoms with Gasteiger partial charge < -0.3 is 9.84 Å². The minimum absolute atomic E-state index is 0.0908. The fourth-order valence-corrected chi connectivity index (χ4v) is 2.00. The van der Waals surface area contributed by atoms with Gasteiger partial charge in [0, 0.05) is 5.56 Å². The number of aliphatic hydroxyl groups is 1. The van der Waals surface area contributed by atoms with Crippen molar-refractivity contribution in [3.05, 3.63) is 33.5 Å². The SMILES string of the molecule is CCOC(=O)C(O)c1c(C)ccc(F)c1Br. The smallest absolute Gasteiger partial charge is 0.339 e. The number of carbonyl (C=O) groups excluding carboxylic acids is 1. The number of halogens is 2. The van der Waals surface area contributed by atoms with E-state index < -0.39 is 17.9 Å². The van der Waals surface area contributed by atoms with E-state index in [-0.39, 0.29) is 16.6 Å². The van der Waals surface area contributed by atoms with Crippen LogP contribution in [0.2, 0.25) is 0 Å². The van der Waals surface area contributed by atoms with E-state index in [1.165, 1.54) is 12.1 Å². The molecule has 1 aromatic carbocycles. The third-order valence-electron chi connectivity index (χ3n) is 2.13. The highest BCUT2D eigenvalue weighted by Gasteiger charge is 2.24. The first-order chi connectivity index (χ1) is 7.49. The zero-order valence-electron chi connectivity index (χ0n) is 8.96. The summed E-state index contributed by atoms with van der Waals surface area (Å²) in [4.78, 5) is 11.3. The van der Waals surface area contributed by atoms with Crippen molar-refractivity contribution >= 4 is 21.9 Å². The first-order valence-corrected chi connectivity index (χ1v) is 5.57. The summed E-state index contributed by atoms with van der Waals surface area (Å²) in [6.07, 6.45) is -1.47. The molecule has 0 saturated heterocycles. The van der Waals surface area contributed by atoms with E-state index in [2.05, 4.69) is 20.7 Å². The Balaban J connectivity index is 3.12. The molecule has 0 bridgehead atoms. The Bertz CT molecular complexity index is 406. The second-order valence-electron chi connectivity index (χ2n) is 3.25. The molecule has 0 heterocycles. The molecular weight excluding hydrogens is 279 g/mol. The lowest BCUT2D eigenvalue weighted by atomic mass is 10.0. The molecule has 0 amide bonds. The van der Waals surface area contributed by atoms with Gasteiger partial charge in [0.1, 0.15) is 5.82 Å². The summed E-state index contributed by atoms with van der Waals surface area (Å²) in [6.45, 7) is 3.49. The Kier molecular flexibility index (Phi) is 4.44. The topological polar surface area (TPSA) is 46.5 Å². The first kappa shape index (κ1) is 13.1. The van der Waals surface area contributed by atoms with Gasteiger partial charge in [0.2, 0.25) is 0 Å². The molecule has 0 saturated carbocycles. The van der Waals surface area contributed by atoms with E-state index in [0.717, 1.165) is 0 Å². The number of rotatable bonds is 3. The Labute approximate surface area is 101 Å². The molecule has 1 unspecified atom stereocenters. The van der Waals surface area contributed by atoms with Crippen molar-refractivity contribution < 1.29 is 19.0 Å². The lowest BCUT2D eigenvalue weighted by Gasteiger charge is -2.14. The average molecular weight is 291 g/mol. The normalized spacial score (nSPS) is 12.3. The molecule has 0 aromatic heterocycles. The van der Waals surface area contributed by atoms with Crippen LogP contribution < -0.4 is 0 Å². The standard InChI is InChI=1S/C11H12BrFO3/c1-3-16-11(15)10(14)8-6(2)4-5-7(13)9(8)12/h4-5,10,14H,3H2,1-2H3. The molecule has 0 fully saturated rings. The number of carbonyl (C=O) groups is 1. The average Bonchev–Trinajstić information content (AvgIpc) is 2.24. The van der Waals surface area contributed by atoms with E-state index in [9.17, 15) is 14.3 Å². The van der Waals surface area contributed by atoms with Crippen molar-refractivity contribution in [3.8, 4) is 0 Å². The van der Waals surface area contributed by atoms with Gasteiger partial charge in [-0.05, 0) is 41.4 Å². The van der Waals surface area contributed by atoms with E-state index in [4.69, 9.17) is 0 Å². The Morgan fingerprint density at radius 3 is 2.81 bits per heavy atom. The maximum atomic E-state index is 13.3. The van der Waals surface area contributed by atoms with Crippen LogP contribution >= 0.6 is 15.9 Å². The van der Waals surface area contributed by atoms with Gasteiger partial charge in [-0.25, -0.2) is 9.18 Å². The third kappa shape index (κ3) is 2.59. The van der Waals surface area contributed by atoms with Crippen molar-refractivity contribution in [2.75, 3.05) is 6.61 Å². The maximum absolute atomic E-state index is 13.3. The van der Waals surface area contributed by atoms with E-state index in [0.29, 0.717) is 5.56 Å². The van der Waals surface area contributed by atoms with Crippen molar-refractivity contribution in [1.29, 1.82) is 0 Å². The second kappa shape index (κ2) is 5.41. The number of hydrogen-bond donors (Lipinski definition) is 1. The van der Waals surface area contributed by atoms with Gasteiger partial charge in [-0.2, -0.15) is 0 Å². The third-order valence-corrected chi connectivity index (χ3v) is 2.94. The molecule has 3 nitrogen and oxygen atoms in total. The van der Waals surface area contributed by atoms with Gasteiger partial charge in [-0.3, -0.25) is 0 Å². The van der Waals surface area contributed by atoms with Crippen molar-refractivity contribution in [3.63, 3.8) is 0 Å². The fraction of sp³-hybridized carbons (Fsp3) is 0.364. The van der Waals surface area contributed by atoms with Crippen LogP contribution in [0.1, 0.15) is 24.2 Å². The van der Waals surface area contributed by atoms with Gasteiger partial charge in [0.25, 0.3) is 0 Å². The number of benzene rings is 1. The van der Waals surface area contributed by atoms with Crippen LogP contribution in [0.3, 0.4) is 0 Å². The molecule has 0 radical (unpaired) electrons. The van der Waals surface area contributed by atoms with E-state index in [1.807, 2.05) is 0 Å². The Morgan fingerprint density at radius 1 is 1.62 bits per heavy atom. The highest BCUT2D eigenvalue weighted by Crippen LogP contribution is 2.29. The zero-order valence-corrected chi connectivity index (χ0v) is 10.5. The minimum Gasteiger partial charge on any atom is -0.464 e. The molecule has 1 atom stereocenters. The number of esters is 1. The highest BCUT2D eigenvalue weighted by atomic mass is 79.9. The molecule has 0 aliphatic rings. The molecule has 16 heavy (non-hydrogen) atoms. The minimum atomic E-state index is -1.47. The number of aliphatic hydroxyl groups excluding tert-OH is 1. The lowest BCUT2D eigenvalue weighted by Crippen LogP contribution is -2.17. The molecule has 0 spiro atoms.